The molecule has 1 unspecified atom stereocenters. The van der Waals surface area contributed by atoms with Gasteiger partial charge in [-0.2, -0.15) is 5.26 Å². The Kier molecular flexibility index (Phi) is 3.94. The minimum Gasteiger partial charge on any atom is -0.396 e. The fourth-order valence-corrected chi connectivity index (χ4v) is 2.39. The molecule has 1 aromatic heterocycles. The second-order valence-corrected chi connectivity index (χ2v) is 4.37. The van der Waals surface area contributed by atoms with E-state index in [1.54, 1.807) is 6.20 Å². The summed E-state index contributed by atoms with van der Waals surface area (Å²) in [6.45, 7) is 1.28. The van der Waals surface area contributed by atoms with Crippen LogP contribution >= 0.6 is 0 Å². The number of aliphatic hydroxyl groups is 1. The summed E-state index contributed by atoms with van der Waals surface area (Å²) in [5.41, 5.74) is 0.597. The SMILES string of the molecule is N#Cc1ccc(N2CCCC2CCCO)nc1. The largest absolute Gasteiger partial charge is 0.396 e. The van der Waals surface area contributed by atoms with Crippen LogP contribution in [0.25, 0.3) is 0 Å². The topological polar surface area (TPSA) is 60.2 Å². The van der Waals surface area contributed by atoms with E-state index in [0.717, 1.165) is 25.2 Å². The predicted octanol–water partition coefficient (Wildman–Crippen LogP) is 1.69. The van der Waals surface area contributed by atoms with Crippen LogP contribution in [0.4, 0.5) is 5.82 Å². The average Bonchev–Trinajstić information content (AvgIpc) is 2.84. The Morgan fingerprint density at radius 2 is 2.41 bits per heavy atom. The van der Waals surface area contributed by atoms with Gasteiger partial charge in [0.05, 0.1) is 5.56 Å². The van der Waals surface area contributed by atoms with Crippen LogP contribution in [0.3, 0.4) is 0 Å². The molecule has 1 saturated heterocycles. The molecule has 1 N–H and O–H groups in total. The predicted molar refractivity (Wildman–Crippen MR) is 65.6 cm³/mol. The zero-order chi connectivity index (χ0) is 12.1. The molecule has 0 aliphatic carbocycles. The molecule has 90 valence electrons. The highest BCUT2D eigenvalue weighted by Crippen LogP contribution is 2.26. The van der Waals surface area contributed by atoms with E-state index >= 15 is 0 Å². The maximum atomic E-state index is 8.88. The molecule has 1 atom stereocenters. The number of hydrogen-bond acceptors (Lipinski definition) is 4. The standard InChI is InChI=1S/C13H17N3O/c14-9-11-5-6-13(15-10-11)16-7-1-3-12(16)4-2-8-17/h5-6,10,12,17H,1-4,7-8H2. The number of rotatable bonds is 4. The minimum atomic E-state index is 0.255. The maximum Gasteiger partial charge on any atom is 0.128 e. The number of hydrogen-bond donors (Lipinski definition) is 1. The molecule has 1 aromatic rings. The van der Waals surface area contributed by atoms with Gasteiger partial charge in [0, 0.05) is 25.4 Å². The molecule has 2 heterocycles. The normalized spacial score (nSPS) is 19.3. The third kappa shape index (κ3) is 2.75. The summed E-state index contributed by atoms with van der Waals surface area (Å²) in [6, 6.07) is 6.29. The van der Waals surface area contributed by atoms with Crippen LogP contribution in [0.2, 0.25) is 0 Å². The van der Waals surface area contributed by atoms with E-state index in [1.165, 1.54) is 12.8 Å². The Bertz CT molecular complexity index is 396. The highest BCUT2D eigenvalue weighted by Gasteiger charge is 2.24. The third-order valence-electron chi connectivity index (χ3n) is 3.24. The van der Waals surface area contributed by atoms with Gasteiger partial charge in [-0.05, 0) is 37.8 Å². The van der Waals surface area contributed by atoms with Crippen LogP contribution in [0.15, 0.2) is 18.3 Å². The van der Waals surface area contributed by atoms with Gasteiger partial charge in [-0.1, -0.05) is 0 Å². The van der Waals surface area contributed by atoms with Crippen molar-refractivity contribution in [2.45, 2.75) is 31.7 Å². The molecule has 4 nitrogen and oxygen atoms in total. The molecule has 0 aromatic carbocycles. The molecule has 0 radical (unpaired) electrons. The van der Waals surface area contributed by atoms with Crippen LogP contribution in [0.1, 0.15) is 31.2 Å². The number of aliphatic hydroxyl groups excluding tert-OH is 1. The molecule has 0 spiro atoms. The van der Waals surface area contributed by atoms with Gasteiger partial charge in [-0.15, -0.1) is 0 Å². The van der Waals surface area contributed by atoms with Crippen molar-refractivity contribution in [2.24, 2.45) is 0 Å². The molecule has 0 bridgehead atoms. The summed E-state index contributed by atoms with van der Waals surface area (Å²) in [6.07, 6.45) is 5.83. The van der Waals surface area contributed by atoms with Crippen molar-refractivity contribution in [1.82, 2.24) is 4.98 Å². The number of anilines is 1. The second kappa shape index (κ2) is 5.65. The van der Waals surface area contributed by atoms with Crippen LogP contribution in [-0.2, 0) is 0 Å². The molecule has 17 heavy (non-hydrogen) atoms. The zero-order valence-corrected chi connectivity index (χ0v) is 9.84. The van der Waals surface area contributed by atoms with Gasteiger partial charge in [-0.3, -0.25) is 0 Å². The Hall–Kier alpha value is -1.60. The van der Waals surface area contributed by atoms with Crippen molar-refractivity contribution in [1.29, 1.82) is 5.26 Å². The first-order valence-electron chi connectivity index (χ1n) is 6.09. The number of pyridine rings is 1. The molecule has 1 aliphatic heterocycles. The van der Waals surface area contributed by atoms with E-state index < -0.39 is 0 Å². The number of nitrogens with zero attached hydrogens (tertiary/aromatic N) is 3. The molecule has 0 amide bonds. The van der Waals surface area contributed by atoms with E-state index in [9.17, 15) is 0 Å². The molecule has 1 fully saturated rings. The summed E-state index contributed by atoms with van der Waals surface area (Å²) >= 11 is 0. The van der Waals surface area contributed by atoms with Crippen LogP contribution in [0.5, 0.6) is 0 Å². The zero-order valence-electron chi connectivity index (χ0n) is 9.84. The Balaban J connectivity index is 2.06. The van der Waals surface area contributed by atoms with Crippen molar-refractivity contribution in [3.63, 3.8) is 0 Å². The van der Waals surface area contributed by atoms with E-state index in [1.807, 2.05) is 12.1 Å². The molecule has 4 heteroatoms. The van der Waals surface area contributed by atoms with Gasteiger partial charge in [-0.25, -0.2) is 4.98 Å². The molecule has 0 saturated carbocycles. The molecule has 2 rings (SSSR count). The van der Waals surface area contributed by atoms with E-state index in [0.29, 0.717) is 11.6 Å². The van der Waals surface area contributed by atoms with Crippen LogP contribution < -0.4 is 4.90 Å². The Morgan fingerprint density at radius 1 is 1.53 bits per heavy atom. The first-order valence-corrected chi connectivity index (χ1v) is 6.09. The maximum absolute atomic E-state index is 8.88. The first kappa shape index (κ1) is 11.9. The van der Waals surface area contributed by atoms with Crippen molar-refractivity contribution < 1.29 is 5.11 Å². The van der Waals surface area contributed by atoms with E-state index in [2.05, 4.69) is 16.0 Å². The van der Waals surface area contributed by atoms with Gasteiger partial charge < -0.3 is 10.0 Å². The third-order valence-corrected chi connectivity index (χ3v) is 3.24. The van der Waals surface area contributed by atoms with Crippen LogP contribution in [-0.4, -0.2) is 29.3 Å². The lowest BCUT2D eigenvalue weighted by molar-refractivity contribution is 0.279. The fraction of sp³-hybridized carbons (Fsp3) is 0.538. The first-order chi connectivity index (χ1) is 8.35. The monoisotopic (exact) mass is 231 g/mol. The Morgan fingerprint density at radius 3 is 3.06 bits per heavy atom. The average molecular weight is 231 g/mol. The quantitative estimate of drug-likeness (QED) is 0.856. The van der Waals surface area contributed by atoms with Gasteiger partial charge in [0.1, 0.15) is 11.9 Å². The smallest absolute Gasteiger partial charge is 0.128 e. The lowest BCUT2D eigenvalue weighted by Gasteiger charge is -2.25. The van der Waals surface area contributed by atoms with Gasteiger partial charge >= 0.3 is 0 Å². The fourth-order valence-electron chi connectivity index (χ4n) is 2.39. The summed E-state index contributed by atoms with van der Waals surface area (Å²) in [4.78, 5) is 6.62. The summed E-state index contributed by atoms with van der Waals surface area (Å²) in [5, 5.41) is 17.6. The molecule has 1 aliphatic rings. The highest BCUT2D eigenvalue weighted by molar-refractivity contribution is 5.43. The van der Waals surface area contributed by atoms with Gasteiger partial charge in [0.2, 0.25) is 0 Å². The number of nitriles is 1. The second-order valence-electron chi connectivity index (χ2n) is 4.37. The summed E-state index contributed by atoms with van der Waals surface area (Å²) in [7, 11) is 0. The van der Waals surface area contributed by atoms with Gasteiger partial charge in [0.25, 0.3) is 0 Å². The van der Waals surface area contributed by atoms with E-state index in [-0.39, 0.29) is 6.61 Å². The van der Waals surface area contributed by atoms with Gasteiger partial charge in [0.15, 0.2) is 0 Å². The summed E-state index contributed by atoms with van der Waals surface area (Å²) in [5.74, 6) is 0.949. The summed E-state index contributed by atoms with van der Waals surface area (Å²) < 4.78 is 0. The van der Waals surface area contributed by atoms with Crippen molar-refractivity contribution in [2.75, 3.05) is 18.1 Å². The van der Waals surface area contributed by atoms with Crippen molar-refractivity contribution >= 4 is 5.82 Å². The van der Waals surface area contributed by atoms with Crippen molar-refractivity contribution in [3.8, 4) is 6.07 Å². The lowest BCUT2D eigenvalue weighted by Crippen LogP contribution is -2.30. The van der Waals surface area contributed by atoms with Crippen molar-refractivity contribution in [3.05, 3.63) is 23.9 Å². The lowest BCUT2D eigenvalue weighted by atomic mass is 10.1. The van der Waals surface area contributed by atoms with E-state index in [4.69, 9.17) is 10.4 Å². The van der Waals surface area contributed by atoms with Crippen LogP contribution in [0, 0.1) is 11.3 Å². The highest BCUT2D eigenvalue weighted by atomic mass is 16.2. The number of aromatic nitrogens is 1. The minimum absolute atomic E-state index is 0.255. The molecular formula is C13H17N3O. The Labute approximate surface area is 102 Å². The molecular weight excluding hydrogens is 214 g/mol.